The number of alkyl halides is 3. The SMILES string of the molecule is CC1CCC(CNc2ccc(C(F)(F)F)nn2)CC1. The van der Waals surface area contributed by atoms with Gasteiger partial charge in [0.15, 0.2) is 5.69 Å². The van der Waals surface area contributed by atoms with Gasteiger partial charge in [0.2, 0.25) is 0 Å². The summed E-state index contributed by atoms with van der Waals surface area (Å²) in [5, 5.41) is 9.82. The van der Waals surface area contributed by atoms with Gasteiger partial charge in [0.25, 0.3) is 0 Å². The fourth-order valence-corrected chi connectivity index (χ4v) is 2.36. The first kappa shape index (κ1) is 14.1. The summed E-state index contributed by atoms with van der Waals surface area (Å²) in [5.41, 5.74) is -0.954. The number of anilines is 1. The summed E-state index contributed by atoms with van der Waals surface area (Å²) in [4.78, 5) is 0. The normalized spacial score (nSPS) is 24.2. The van der Waals surface area contributed by atoms with Gasteiger partial charge >= 0.3 is 6.18 Å². The summed E-state index contributed by atoms with van der Waals surface area (Å²) in [7, 11) is 0. The molecule has 0 aromatic carbocycles. The molecule has 0 aliphatic heterocycles. The number of aromatic nitrogens is 2. The monoisotopic (exact) mass is 273 g/mol. The predicted molar refractivity (Wildman–Crippen MR) is 66.6 cm³/mol. The highest BCUT2D eigenvalue weighted by atomic mass is 19.4. The molecule has 1 fully saturated rings. The molecular weight excluding hydrogens is 255 g/mol. The average molecular weight is 273 g/mol. The van der Waals surface area contributed by atoms with Crippen molar-refractivity contribution >= 4 is 5.82 Å². The Bertz CT molecular complexity index is 395. The molecule has 3 nitrogen and oxygen atoms in total. The van der Waals surface area contributed by atoms with Crippen LogP contribution >= 0.6 is 0 Å². The van der Waals surface area contributed by atoms with Gasteiger partial charge in [0.1, 0.15) is 5.82 Å². The third-order valence-electron chi connectivity index (χ3n) is 3.66. The average Bonchev–Trinajstić information content (AvgIpc) is 2.37. The molecule has 1 aromatic rings. The summed E-state index contributed by atoms with van der Waals surface area (Å²) in [5.74, 6) is 1.79. The highest BCUT2D eigenvalue weighted by molar-refractivity contribution is 5.33. The first-order valence-electron chi connectivity index (χ1n) is 6.60. The molecule has 0 atom stereocenters. The van der Waals surface area contributed by atoms with E-state index in [1.54, 1.807) is 0 Å². The molecule has 0 bridgehead atoms. The summed E-state index contributed by atoms with van der Waals surface area (Å²) < 4.78 is 36.9. The molecule has 2 rings (SSSR count). The van der Waals surface area contributed by atoms with Crippen LogP contribution in [0.1, 0.15) is 38.3 Å². The van der Waals surface area contributed by atoms with Crippen LogP contribution in [0.2, 0.25) is 0 Å². The number of hydrogen-bond acceptors (Lipinski definition) is 3. The lowest BCUT2D eigenvalue weighted by Gasteiger charge is -2.26. The number of rotatable bonds is 3. The molecule has 0 amide bonds. The van der Waals surface area contributed by atoms with Crippen LogP contribution in [0.15, 0.2) is 12.1 Å². The number of hydrogen-bond donors (Lipinski definition) is 1. The van der Waals surface area contributed by atoms with Crippen molar-refractivity contribution in [3.63, 3.8) is 0 Å². The lowest BCUT2D eigenvalue weighted by Crippen LogP contribution is -2.21. The predicted octanol–water partition coefficient (Wildman–Crippen LogP) is 3.73. The van der Waals surface area contributed by atoms with Crippen LogP contribution in [0.4, 0.5) is 19.0 Å². The van der Waals surface area contributed by atoms with Crippen molar-refractivity contribution in [3.8, 4) is 0 Å². The van der Waals surface area contributed by atoms with Gasteiger partial charge in [-0.15, -0.1) is 10.2 Å². The van der Waals surface area contributed by atoms with Gasteiger partial charge in [-0.05, 0) is 36.8 Å². The number of halogens is 3. The van der Waals surface area contributed by atoms with Crippen LogP contribution in [-0.2, 0) is 6.18 Å². The van der Waals surface area contributed by atoms with Crippen LogP contribution in [0, 0.1) is 11.8 Å². The van der Waals surface area contributed by atoms with Crippen LogP contribution in [-0.4, -0.2) is 16.7 Å². The second-order valence-corrected chi connectivity index (χ2v) is 5.31. The molecule has 0 unspecified atom stereocenters. The topological polar surface area (TPSA) is 37.8 Å². The standard InChI is InChI=1S/C13H18F3N3/c1-9-2-4-10(5-3-9)8-17-12-7-6-11(18-19-12)13(14,15)16/h6-7,9-10H,2-5,8H2,1H3,(H,17,19). The smallest absolute Gasteiger partial charge is 0.368 e. The Balaban J connectivity index is 1.83. The molecule has 1 N–H and O–H groups in total. The number of nitrogens with zero attached hydrogens (tertiary/aromatic N) is 2. The van der Waals surface area contributed by atoms with Crippen LogP contribution < -0.4 is 5.32 Å². The first-order chi connectivity index (χ1) is 8.95. The van der Waals surface area contributed by atoms with E-state index in [1.807, 2.05) is 0 Å². The maximum absolute atomic E-state index is 12.3. The van der Waals surface area contributed by atoms with E-state index in [1.165, 1.54) is 31.7 Å². The highest BCUT2D eigenvalue weighted by Gasteiger charge is 2.32. The van der Waals surface area contributed by atoms with Crippen LogP contribution in [0.25, 0.3) is 0 Å². The van der Waals surface area contributed by atoms with E-state index in [4.69, 9.17) is 0 Å². The molecule has 1 aromatic heterocycles. The zero-order chi connectivity index (χ0) is 13.9. The van der Waals surface area contributed by atoms with E-state index in [2.05, 4.69) is 22.4 Å². The van der Waals surface area contributed by atoms with E-state index < -0.39 is 11.9 Å². The molecule has 106 valence electrons. The maximum atomic E-state index is 12.3. The minimum absolute atomic E-state index is 0.409. The van der Waals surface area contributed by atoms with Gasteiger partial charge in [-0.3, -0.25) is 0 Å². The lowest BCUT2D eigenvalue weighted by molar-refractivity contribution is -0.141. The highest BCUT2D eigenvalue weighted by Crippen LogP contribution is 2.29. The Labute approximate surface area is 110 Å². The molecule has 0 saturated heterocycles. The molecule has 0 radical (unpaired) electrons. The third kappa shape index (κ3) is 4.08. The van der Waals surface area contributed by atoms with Gasteiger partial charge in [0.05, 0.1) is 0 Å². The third-order valence-corrected chi connectivity index (χ3v) is 3.66. The second kappa shape index (κ2) is 5.75. The van der Waals surface area contributed by atoms with Crippen molar-refractivity contribution in [2.24, 2.45) is 11.8 Å². The van der Waals surface area contributed by atoms with Crippen molar-refractivity contribution in [3.05, 3.63) is 17.8 Å². The lowest BCUT2D eigenvalue weighted by atomic mass is 9.83. The van der Waals surface area contributed by atoms with E-state index in [9.17, 15) is 13.2 Å². The molecule has 1 aliphatic rings. The maximum Gasteiger partial charge on any atom is 0.435 e. The molecule has 1 saturated carbocycles. The summed E-state index contributed by atoms with van der Waals surface area (Å²) in [6.45, 7) is 3.01. The van der Waals surface area contributed by atoms with E-state index >= 15 is 0 Å². The first-order valence-corrected chi connectivity index (χ1v) is 6.60. The van der Waals surface area contributed by atoms with Gasteiger partial charge in [0, 0.05) is 6.54 Å². The van der Waals surface area contributed by atoms with Crippen LogP contribution in [0.5, 0.6) is 0 Å². The Hall–Kier alpha value is -1.33. The fraction of sp³-hybridized carbons (Fsp3) is 0.692. The molecule has 0 spiro atoms. The minimum atomic E-state index is -4.43. The van der Waals surface area contributed by atoms with E-state index in [0.717, 1.165) is 18.5 Å². The molecular formula is C13H18F3N3. The quantitative estimate of drug-likeness (QED) is 0.911. The molecule has 6 heteroatoms. The van der Waals surface area contributed by atoms with Crippen molar-refractivity contribution in [2.75, 3.05) is 11.9 Å². The molecule has 1 heterocycles. The van der Waals surface area contributed by atoms with Crippen molar-refractivity contribution in [1.29, 1.82) is 0 Å². The summed E-state index contributed by atoms with van der Waals surface area (Å²) >= 11 is 0. The van der Waals surface area contributed by atoms with Crippen molar-refractivity contribution < 1.29 is 13.2 Å². The summed E-state index contributed by atoms with van der Waals surface area (Å²) in [6, 6.07) is 2.29. The van der Waals surface area contributed by atoms with Crippen molar-refractivity contribution in [1.82, 2.24) is 10.2 Å². The van der Waals surface area contributed by atoms with Gasteiger partial charge in [-0.25, -0.2) is 0 Å². The van der Waals surface area contributed by atoms with E-state index in [0.29, 0.717) is 11.7 Å². The Kier molecular flexibility index (Phi) is 4.27. The van der Waals surface area contributed by atoms with Gasteiger partial charge in [-0.1, -0.05) is 19.8 Å². The minimum Gasteiger partial charge on any atom is -0.368 e. The Morgan fingerprint density at radius 3 is 2.37 bits per heavy atom. The van der Waals surface area contributed by atoms with Crippen LogP contribution in [0.3, 0.4) is 0 Å². The molecule has 1 aliphatic carbocycles. The van der Waals surface area contributed by atoms with E-state index in [-0.39, 0.29) is 0 Å². The molecule has 19 heavy (non-hydrogen) atoms. The van der Waals surface area contributed by atoms with Gasteiger partial charge < -0.3 is 5.32 Å². The largest absolute Gasteiger partial charge is 0.435 e. The zero-order valence-corrected chi connectivity index (χ0v) is 10.9. The zero-order valence-electron chi connectivity index (χ0n) is 10.9. The number of nitrogens with one attached hydrogen (secondary N) is 1. The Morgan fingerprint density at radius 1 is 1.16 bits per heavy atom. The Morgan fingerprint density at radius 2 is 1.84 bits per heavy atom. The van der Waals surface area contributed by atoms with Crippen molar-refractivity contribution in [2.45, 2.75) is 38.8 Å². The summed E-state index contributed by atoms with van der Waals surface area (Å²) in [6.07, 6.45) is 0.367. The fourth-order valence-electron chi connectivity index (χ4n) is 2.36. The second-order valence-electron chi connectivity index (χ2n) is 5.31. The van der Waals surface area contributed by atoms with Gasteiger partial charge in [-0.2, -0.15) is 13.2 Å².